The van der Waals surface area contributed by atoms with E-state index in [-0.39, 0.29) is 17.6 Å². The van der Waals surface area contributed by atoms with Crippen LogP contribution in [-0.2, 0) is 9.59 Å². The lowest BCUT2D eigenvalue weighted by molar-refractivity contribution is -0.119. The second-order valence-electron chi connectivity index (χ2n) is 7.75. The van der Waals surface area contributed by atoms with E-state index in [1.165, 1.54) is 0 Å². The molecule has 2 aliphatic rings. The average molecular weight is 407 g/mol. The lowest BCUT2D eigenvalue weighted by atomic mass is 9.71. The number of rotatable bonds is 3. The van der Waals surface area contributed by atoms with Crippen LogP contribution in [0.4, 0.5) is 5.69 Å². The predicted octanol–water partition coefficient (Wildman–Crippen LogP) is 5.47. The van der Waals surface area contributed by atoms with Gasteiger partial charge in [-0.2, -0.15) is 0 Å². The zero-order chi connectivity index (χ0) is 20.5. The van der Waals surface area contributed by atoms with Gasteiger partial charge in [0.25, 0.3) is 0 Å². The molecule has 4 nitrogen and oxygen atoms in total. The molecule has 1 amide bonds. The van der Waals surface area contributed by atoms with Crippen LogP contribution in [-0.4, -0.2) is 17.4 Å². The smallest absolute Gasteiger partial charge is 0.234 e. The number of carbonyl (C=O) groups is 2. The Morgan fingerprint density at radius 2 is 1.72 bits per heavy atom. The fourth-order valence-corrected chi connectivity index (χ4v) is 4.36. The summed E-state index contributed by atoms with van der Waals surface area (Å²) in [4.78, 5) is 30.9. The SMILES string of the molecule is CC1=NC2=C(C(=O)CCC2)[C@H](c2ccc(Cl)cc2)C1C(=O)Nc1ccc(C)cc1. The van der Waals surface area contributed by atoms with Gasteiger partial charge in [-0.05, 0) is 56.5 Å². The molecule has 1 unspecified atom stereocenters. The van der Waals surface area contributed by atoms with Gasteiger partial charge in [-0.25, -0.2) is 0 Å². The maximum atomic E-state index is 13.3. The normalized spacial score (nSPS) is 21.5. The maximum Gasteiger partial charge on any atom is 0.234 e. The van der Waals surface area contributed by atoms with Crippen molar-refractivity contribution in [2.24, 2.45) is 10.9 Å². The van der Waals surface area contributed by atoms with E-state index in [4.69, 9.17) is 16.6 Å². The molecule has 5 heteroatoms. The van der Waals surface area contributed by atoms with Crippen molar-refractivity contribution in [2.75, 3.05) is 5.32 Å². The van der Waals surface area contributed by atoms with Crippen LogP contribution >= 0.6 is 11.6 Å². The van der Waals surface area contributed by atoms with Gasteiger partial charge in [0, 0.05) is 40.0 Å². The number of Topliss-reactive ketones (excluding diaryl/α,β-unsaturated/α-hetero) is 1. The third-order valence-corrected chi connectivity index (χ3v) is 5.92. The summed E-state index contributed by atoms with van der Waals surface area (Å²) in [5.41, 5.74) is 5.03. The van der Waals surface area contributed by atoms with E-state index in [2.05, 4.69) is 5.32 Å². The molecule has 1 aliphatic carbocycles. The predicted molar refractivity (Wildman–Crippen MR) is 116 cm³/mol. The topological polar surface area (TPSA) is 58.5 Å². The molecule has 148 valence electrons. The van der Waals surface area contributed by atoms with Crippen molar-refractivity contribution in [2.45, 2.75) is 39.0 Å². The molecule has 29 heavy (non-hydrogen) atoms. The van der Waals surface area contributed by atoms with Crippen molar-refractivity contribution in [1.29, 1.82) is 0 Å². The van der Waals surface area contributed by atoms with Gasteiger partial charge >= 0.3 is 0 Å². The Hall–Kier alpha value is -2.72. The first kappa shape index (κ1) is 19.6. The molecular weight excluding hydrogens is 384 g/mol. The first-order chi connectivity index (χ1) is 13.9. The van der Waals surface area contributed by atoms with Crippen molar-refractivity contribution >= 4 is 34.7 Å². The number of allylic oxidation sites excluding steroid dienone is 2. The van der Waals surface area contributed by atoms with Gasteiger partial charge in [-0.1, -0.05) is 41.4 Å². The van der Waals surface area contributed by atoms with Crippen molar-refractivity contribution in [3.8, 4) is 0 Å². The number of amides is 1. The number of benzene rings is 2. The van der Waals surface area contributed by atoms with Crippen LogP contribution in [0.1, 0.15) is 43.2 Å². The largest absolute Gasteiger partial charge is 0.325 e. The number of aliphatic imine (C=N–C) groups is 1. The average Bonchev–Trinajstić information content (AvgIpc) is 2.69. The van der Waals surface area contributed by atoms with Crippen LogP contribution in [0.2, 0.25) is 5.02 Å². The van der Waals surface area contributed by atoms with Gasteiger partial charge in [-0.15, -0.1) is 0 Å². The molecule has 1 aliphatic heterocycles. The zero-order valence-corrected chi connectivity index (χ0v) is 17.3. The van der Waals surface area contributed by atoms with Crippen LogP contribution in [0.25, 0.3) is 0 Å². The molecule has 0 radical (unpaired) electrons. The number of anilines is 1. The molecule has 0 fully saturated rings. The molecule has 2 atom stereocenters. The Kier molecular flexibility index (Phi) is 5.37. The summed E-state index contributed by atoms with van der Waals surface area (Å²) in [6.07, 6.45) is 2.08. The summed E-state index contributed by atoms with van der Waals surface area (Å²) in [5, 5.41) is 3.64. The second kappa shape index (κ2) is 7.96. The molecule has 2 aromatic carbocycles. The van der Waals surface area contributed by atoms with Gasteiger partial charge in [-0.3, -0.25) is 14.6 Å². The number of nitrogens with one attached hydrogen (secondary N) is 1. The lowest BCUT2D eigenvalue weighted by Crippen LogP contribution is -2.39. The summed E-state index contributed by atoms with van der Waals surface area (Å²) in [6.45, 7) is 3.88. The van der Waals surface area contributed by atoms with Gasteiger partial charge < -0.3 is 5.32 Å². The highest BCUT2D eigenvalue weighted by Crippen LogP contribution is 2.43. The summed E-state index contributed by atoms with van der Waals surface area (Å²) in [7, 11) is 0. The first-order valence-corrected chi connectivity index (χ1v) is 10.3. The number of carbonyl (C=O) groups excluding carboxylic acids is 2. The summed E-state index contributed by atoms with van der Waals surface area (Å²) in [5.74, 6) is -0.952. The molecule has 0 saturated heterocycles. The van der Waals surface area contributed by atoms with E-state index in [0.717, 1.165) is 41.1 Å². The minimum Gasteiger partial charge on any atom is -0.325 e. The van der Waals surface area contributed by atoms with Crippen molar-refractivity contribution in [3.63, 3.8) is 0 Å². The van der Waals surface area contributed by atoms with Crippen molar-refractivity contribution in [3.05, 3.63) is 76.0 Å². The van der Waals surface area contributed by atoms with E-state index < -0.39 is 5.92 Å². The molecule has 0 aromatic heterocycles. The molecule has 1 N–H and O–H groups in total. The highest BCUT2D eigenvalue weighted by molar-refractivity contribution is 6.30. The van der Waals surface area contributed by atoms with Crippen molar-refractivity contribution in [1.82, 2.24) is 0 Å². The van der Waals surface area contributed by atoms with E-state index in [9.17, 15) is 9.59 Å². The Balaban J connectivity index is 1.76. The number of hydrogen-bond acceptors (Lipinski definition) is 3. The van der Waals surface area contributed by atoms with E-state index in [0.29, 0.717) is 17.0 Å². The van der Waals surface area contributed by atoms with Gasteiger partial charge in [0.15, 0.2) is 5.78 Å². The molecule has 0 bridgehead atoms. The standard InChI is InChI=1S/C24H23ClN2O2/c1-14-6-12-18(13-7-14)27-24(29)21-15(2)26-19-4-3-5-20(28)23(19)22(21)16-8-10-17(25)11-9-16/h6-13,21-22H,3-5H2,1-2H3,(H,27,29)/t21?,22-/m1/s1. The molecule has 2 aromatic rings. The minimum absolute atomic E-state index is 0.0931. The number of aryl methyl sites for hydroxylation is 1. The number of nitrogens with zero attached hydrogens (tertiary/aromatic N) is 1. The maximum absolute atomic E-state index is 13.3. The van der Waals surface area contributed by atoms with E-state index in [1.807, 2.05) is 50.2 Å². The Morgan fingerprint density at radius 3 is 2.41 bits per heavy atom. The fraction of sp³-hybridized carbons (Fsp3) is 0.292. The lowest BCUT2D eigenvalue weighted by Gasteiger charge is -2.35. The third-order valence-electron chi connectivity index (χ3n) is 5.67. The third kappa shape index (κ3) is 3.90. The van der Waals surface area contributed by atoms with Gasteiger partial charge in [0.1, 0.15) is 0 Å². The summed E-state index contributed by atoms with van der Waals surface area (Å²) < 4.78 is 0. The van der Waals surface area contributed by atoms with Crippen LogP contribution in [0.5, 0.6) is 0 Å². The monoisotopic (exact) mass is 406 g/mol. The quantitative estimate of drug-likeness (QED) is 0.734. The summed E-state index contributed by atoms with van der Waals surface area (Å²) >= 11 is 6.08. The minimum atomic E-state index is -0.543. The van der Waals surface area contributed by atoms with Crippen LogP contribution < -0.4 is 5.32 Å². The Morgan fingerprint density at radius 1 is 1.03 bits per heavy atom. The Bertz CT molecular complexity index is 1020. The summed E-state index contributed by atoms with van der Waals surface area (Å²) in [6, 6.07) is 15.1. The molecule has 0 saturated carbocycles. The van der Waals surface area contributed by atoms with Crippen LogP contribution in [0.3, 0.4) is 0 Å². The Labute approximate surface area is 175 Å². The number of halogens is 1. The fourth-order valence-electron chi connectivity index (χ4n) is 4.23. The highest BCUT2D eigenvalue weighted by Gasteiger charge is 2.42. The van der Waals surface area contributed by atoms with Crippen LogP contribution in [0, 0.1) is 12.8 Å². The van der Waals surface area contributed by atoms with Gasteiger partial charge in [0.05, 0.1) is 5.92 Å². The molecule has 1 heterocycles. The van der Waals surface area contributed by atoms with E-state index >= 15 is 0 Å². The highest BCUT2D eigenvalue weighted by atomic mass is 35.5. The molecular formula is C24H23ClN2O2. The molecule has 0 spiro atoms. The first-order valence-electron chi connectivity index (χ1n) is 9.88. The van der Waals surface area contributed by atoms with E-state index in [1.54, 1.807) is 12.1 Å². The molecule has 4 rings (SSSR count). The van der Waals surface area contributed by atoms with Gasteiger partial charge in [0.2, 0.25) is 5.91 Å². The second-order valence-corrected chi connectivity index (χ2v) is 8.19. The van der Waals surface area contributed by atoms with Crippen LogP contribution in [0.15, 0.2) is 64.8 Å². The van der Waals surface area contributed by atoms with Crippen molar-refractivity contribution < 1.29 is 9.59 Å². The number of ketones is 1. The zero-order valence-electron chi connectivity index (χ0n) is 16.5. The number of hydrogen-bond donors (Lipinski definition) is 1.